The molecule has 1 aliphatic heterocycles. The number of hydrogen-bond donors (Lipinski definition) is 1. The van der Waals surface area contributed by atoms with Crippen LogP contribution in [-0.4, -0.2) is 25.0 Å². The Morgan fingerprint density at radius 1 is 1.17 bits per heavy atom. The molecule has 0 unspecified atom stereocenters. The highest BCUT2D eigenvalue weighted by Gasteiger charge is 2.40. The van der Waals surface area contributed by atoms with Gasteiger partial charge in [-0.05, 0) is 77.5 Å². The van der Waals surface area contributed by atoms with Crippen molar-refractivity contribution in [1.82, 2.24) is 0 Å². The van der Waals surface area contributed by atoms with Crippen LogP contribution in [0.15, 0.2) is 42.5 Å². The lowest BCUT2D eigenvalue weighted by Gasteiger charge is -2.18. The maximum Gasteiger partial charge on any atom is 0.256 e. The van der Waals surface area contributed by atoms with E-state index in [1.807, 2.05) is 49.4 Å². The molecule has 0 aliphatic carbocycles. The van der Waals surface area contributed by atoms with Crippen molar-refractivity contribution in [1.29, 1.82) is 0 Å². The molecule has 24 heavy (non-hydrogen) atoms. The predicted octanol–water partition coefficient (Wildman–Crippen LogP) is 3.35. The first-order valence-electron chi connectivity index (χ1n) is 7.53. The summed E-state index contributed by atoms with van der Waals surface area (Å²) in [4.78, 5) is 26.3. The second-order valence-corrected chi connectivity index (χ2v) is 6.87. The Morgan fingerprint density at radius 2 is 1.88 bits per heavy atom. The number of anilines is 2. The zero-order valence-corrected chi connectivity index (χ0v) is 15.5. The van der Waals surface area contributed by atoms with Crippen molar-refractivity contribution in [2.24, 2.45) is 0 Å². The van der Waals surface area contributed by atoms with Gasteiger partial charge in [-0.3, -0.25) is 9.59 Å². The number of hydrogen-bond acceptors (Lipinski definition) is 4. The van der Waals surface area contributed by atoms with E-state index in [1.54, 1.807) is 7.11 Å². The van der Waals surface area contributed by atoms with Crippen molar-refractivity contribution in [3.8, 4) is 5.75 Å². The summed E-state index contributed by atoms with van der Waals surface area (Å²) in [7, 11) is 1.60. The molecule has 1 aliphatic rings. The summed E-state index contributed by atoms with van der Waals surface area (Å²) in [6.07, 6.45) is 0.149. The van der Waals surface area contributed by atoms with Crippen LogP contribution < -0.4 is 15.0 Å². The standard InChI is InChI=1S/C18H17IN2O3/c1-11-9-12(19)3-8-16(11)21-17(22)10-15(18(21)23)20-13-4-6-14(24-2)7-5-13/h3-9,15,20H,10H2,1-2H3/t15-/m1/s1. The highest BCUT2D eigenvalue weighted by atomic mass is 127. The lowest BCUT2D eigenvalue weighted by atomic mass is 10.2. The Hall–Kier alpha value is -2.09. The van der Waals surface area contributed by atoms with Crippen LogP contribution in [0.2, 0.25) is 0 Å². The van der Waals surface area contributed by atoms with E-state index in [-0.39, 0.29) is 18.2 Å². The van der Waals surface area contributed by atoms with E-state index >= 15 is 0 Å². The first-order valence-corrected chi connectivity index (χ1v) is 8.61. The number of nitrogens with one attached hydrogen (secondary N) is 1. The minimum atomic E-state index is -0.551. The zero-order chi connectivity index (χ0) is 17.3. The molecule has 124 valence electrons. The summed E-state index contributed by atoms with van der Waals surface area (Å²) in [5.41, 5.74) is 2.35. The first-order chi connectivity index (χ1) is 11.5. The lowest BCUT2D eigenvalue weighted by molar-refractivity contribution is -0.121. The maximum atomic E-state index is 12.7. The van der Waals surface area contributed by atoms with Gasteiger partial charge in [-0.2, -0.15) is 0 Å². The number of rotatable bonds is 4. The number of carbonyl (C=O) groups is 2. The van der Waals surface area contributed by atoms with Gasteiger partial charge in [-0.15, -0.1) is 0 Å². The van der Waals surface area contributed by atoms with E-state index in [1.165, 1.54) is 4.90 Å². The van der Waals surface area contributed by atoms with Gasteiger partial charge < -0.3 is 10.1 Å². The Morgan fingerprint density at radius 3 is 2.50 bits per heavy atom. The monoisotopic (exact) mass is 436 g/mol. The lowest BCUT2D eigenvalue weighted by Crippen LogP contribution is -2.35. The number of halogens is 1. The minimum absolute atomic E-state index is 0.149. The van der Waals surface area contributed by atoms with Gasteiger partial charge in [0.1, 0.15) is 11.8 Å². The molecule has 1 heterocycles. The summed E-state index contributed by atoms with van der Waals surface area (Å²) >= 11 is 2.21. The van der Waals surface area contributed by atoms with Gasteiger partial charge in [0, 0.05) is 9.26 Å². The fourth-order valence-electron chi connectivity index (χ4n) is 2.76. The molecule has 2 aromatic rings. The van der Waals surface area contributed by atoms with E-state index in [0.29, 0.717) is 5.69 Å². The third kappa shape index (κ3) is 3.24. The summed E-state index contributed by atoms with van der Waals surface area (Å²) in [5, 5.41) is 3.13. The number of ether oxygens (including phenoxy) is 1. The summed E-state index contributed by atoms with van der Waals surface area (Å²) in [6, 6.07) is 12.4. The molecule has 0 spiro atoms. The first kappa shape index (κ1) is 16.8. The second-order valence-electron chi connectivity index (χ2n) is 5.63. The number of methoxy groups -OCH3 is 1. The molecule has 2 aromatic carbocycles. The molecule has 0 saturated carbocycles. The number of benzene rings is 2. The van der Waals surface area contributed by atoms with E-state index < -0.39 is 6.04 Å². The van der Waals surface area contributed by atoms with Crippen LogP contribution in [0.5, 0.6) is 5.75 Å². The highest BCUT2D eigenvalue weighted by molar-refractivity contribution is 14.1. The SMILES string of the molecule is COc1ccc(N[C@@H]2CC(=O)N(c3ccc(I)cc3C)C2=O)cc1. The Bertz CT molecular complexity index is 789. The van der Waals surface area contributed by atoms with Gasteiger partial charge >= 0.3 is 0 Å². The largest absolute Gasteiger partial charge is 0.497 e. The van der Waals surface area contributed by atoms with Gasteiger partial charge in [-0.1, -0.05) is 0 Å². The topological polar surface area (TPSA) is 58.6 Å². The number of imide groups is 1. The zero-order valence-electron chi connectivity index (χ0n) is 13.4. The second kappa shape index (κ2) is 6.80. The van der Waals surface area contributed by atoms with Crippen LogP contribution in [0.1, 0.15) is 12.0 Å². The van der Waals surface area contributed by atoms with Crippen LogP contribution >= 0.6 is 22.6 Å². The third-order valence-corrected chi connectivity index (χ3v) is 4.65. The normalized spacial score (nSPS) is 17.3. The third-order valence-electron chi connectivity index (χ3n) is 3.98. The Kier molecular flexibility index (Phi) is 4.75. The molecule has 0 bridgehead atoms. The summed E-state index contributed by atoms with van der Waals surface area (Å²) in [6.45, 7) is 1.91. The number of carbonyl (C=O) groups excluding carboxylic acids is 2. The van der Waals surface area contributed by atoms with Gasteiger partial charge in [0.25, 0.3) is 5.91 Å². The highest BCUT2D eigenvalue weighted by Crippen LogP contribution is 2.29. The molecule has 1 N–H and O–H groups in total. The van der Waals surface area contributed by atoms with Crippen LogP contribution in [0, 0.1) is 10.5 Å². The number of nitrogens with zero attached hydrogens (tertiary/aromatic N) is 1. The molecule has 6 heteroatoms. The molecule has 1 fully saturated rings. The predicted molar refractivity (Wildman–Crippen MR) is 101 cm³/mol. The van der Waals surface area contributed by atoms with Crippen molar-refractivity contribution in [3.05, 3.63) is 51.6 Å². The molecule has 2 amide bonds. The van der Waals surface area contributed by atoms with Crippen molar-refractivity contribution in [3.63, 3.8) is 0 Å². The Balaban J connectivity index is 1.80. The molecule has 0 radical (unpaired) electrons. The van der Waals surface area contributed by atoms with E-state index in [4.69, 9.17) is 4.74 Å². The van der Waals surface area contributed by atoms with Gasteiger partial charge in [0.2, 0.25) is 5.91 Å². The van der Waals surface area contributed by atoms with Crippen molar-refractivity contribution in [2.75, 3.05) is 17.3 Å². The summed E-state index contributed by atoms with van der Waals surface area (Å²) < 4.78 is 6.19. The molecule has 1 saturated heterocycles. The Labute approximate surface area is 154 Å². The maximum absolute atomic E-state index is 12.7. The molecular weight excluding hydrogens is 419 g/mol. The minimum Gasteiger partial charge on any atom is -0.497 e. The molecule has 3 rings (SSSR count). The summed E-state index contributed by atoms with van der Waals surface area (Å²) in [5.74, 6) is 0.334. The number of amides is 2. The quantitative estimate of drug-likeness (QED) is 0.590. The van der Waals surface area contributed by atoms with E-state index in [2.05, 4.69) is 27.9 Å². The molecular formula is C18H17IN2O3. The van der Waals surface area contributed by atoms with Crippen molar-refractivity contribution >= 4 is 45.8 Å². The van der Waals surface area contributed by atoms with Crippen LogP contribution in [0.25, 0.3) is 0 Å². The van der Waals surface area contributed by atoms with Crippen LogP contribution in [0.3, 0.4) is 0 Å². The molecule has 1 atom stereocenters. The smallest absolute Gasteiger partial charge is 0.256 e. The van der Waals surface area contributed by atoms with E-state index in [0.717, 1.165) is 20.6 Å². The average molecular weight is 436 g/mol. The molecule has 0 aromatic heterocycles. The van der Waals surface area contributed by atoms with Crippen molar-refractivity contribution in [2.45, 2.75) is 19.4 Å². The average Bonchev–Trinajstić information content (AvgIpc) is 2.83. The fraction of sp³-hybridized carbons (Fsp3) is 0.222. The molecule has 5 nitrogen and oxygen atoms in total. The van der Waals surface area contributed by atoms with Crippen LogP contribution in [-0.2, 0) is 9.59 Å². The van der Waals surface area contributed by atoms with Gasteiger partial charge in [-0.25, -0.2) is 4.90 Å². The van der Waals surface area contributed by atoms with Crippen LogP contribution in [0.4, 0.5) is 11.4 Å². The van der Waals surface area contributed by atoms with Gasteiger partial charge in [0.05, 0.1) is 19.2 Å². The van der Waals surface area contributed by atoms with E-state index in [9.17, 15) is 9.59 Å². The number of aryl methyl sites for hydroxylation is 1. The van der Waals surface area contributed by atoms with Crippen molar-refractivity contribution < 1.29 is 14.3 Å². The fourth-order valence-corrected chi connectivity index (χ4v) is 3.40. The van der Waals surface area contributed by atoms with Gasteiger partial charge in [0.15, 0.2) is 0 Å².